The number of aliphatic carboxylic acids is 1. The van der Waals surface area contributed by atoms with Crippen LogP contribution in [0, 0.1) is 11.8 Å². The van der Waals surface area contributed by atoms with Crippen LogP contribution in [0.1, 0.15) is 20.3 Å². The van der Waals surface area contributed by atoms with E-state index in [0.717, 1.165) is 18.1 Å². The van der Waals surface area contributed by atoms with Gasteiger partial charge in [-0.05, 0) is 23.8 Å². The molecule has 0 spiro atoms. The number of nitrogens with one attached hydrogen (secondary N) is 4. The number of β-lactam (4-membered cyclic amide) rings is 1. The van der Waals surface area contributed by atoms with Crippen LogP contribution in [0.5, 0.6) is 0 Å². The van der Waals surface area contributed by atoms with Crippen molar-refractivity contribution < 1.29 is 24.3 Å². The number of rotatable bonds is 10. The Labute approximate surface area is 227 Å². The average Bonchev–Trinajstić information content (AvgIpc) is 3.67. The highest BCUT2D eigenvalue weighted by atomic mass is 32.2. The number of hydrogen-bond donors (Lipinski definition) is 5. The predicted octanol–water partition coefficient (Wildman–Crippen LogP) is -1.81. The van der Waals surface area contributed by atoms with Gasteiger partial charge in [-0.2, -0.15) is 0 Å². The third-order valence-corrected chi connectivity index (χ3v) is 9.90. The van der Waals surface area contributed by atoms with Crippen LogP contribution in [0.2, 0.25) is 0 Å². The van der Waals surface area contributed by atoms with Crippen molar-refractivity contribution in [1.82, 2.24) is 46.4 Å². The van der Waals surface area contributed by atoms with E-state index in [2.05, 4.69) is 36.8 Å². The molecule has 7 atom stereocenters. The maximum atomic E-state index is 13.1. The molecule has 1 aromatic rings. The minimum absolute atomic E-state index is 0.00119. The summed E-state index contributed by atoms with van der Waals surface area (Å²) in [5.74, 6) is -0.910. The Bertz CT molecular complexity index is 1130. The first kappa shape index (κ1) is 26.9. The molecule has 0 radical (unpaired) electrons. The zero-order valence-electron chi connectivity index (χ0n) is 21.0. The maximum absolute atomic E-state index is 13.1. The standard InChI is InChI=1S/C22H31N9O5S2/c1-10-17-16(11(2)27-15(32)6-30-8-26-28-29-30)21(34)31(17)18(22(35)36)19(10)38-13-3-12(23-5-13)4-24-20(33)14-7-37-9-25-14/h8,10-14,16-17,23,25H,3-7,9H2,1-2H3,(H,24,33)(H,27,32)(H,35,36)/t10-,11-,12+,13+,14+,16-,17-/m1/s1. The first-order chi connectivity index (χ1) is 18.2. The number of carbonyl (C=O) groups is 4. The number of thioether (sulfide) groups is 2. The van der Waals surface area contributed by atoms with Gasteiger partial charge in [0.1, 0.15) is 18.6 Å². The average molecular weight is 566 g/mol. The Hall–Kier alpha value is -2.69. The first-order valence-corrected chi connectivity index (χ1v) is 14.6. The summed E-state index contributed by atoms with van der Waals surface area (Å²) in [6, 6.07) is -0.877. The number of hydrogen-bond acceptors (Lipinski definition) is 11. The highest BCUT2D eigenvalue weighted by Crippen LogP contribution is 2.51. The number of carbonyl (C=O) groups excluding carboxylic acids is 3. The van der Waals surface area contributed by atoms with E-state index in [4.69, 9.17) is 0 Å². The second-order valence-corrected chi connectivity index (χ2v) is 12.4. The molecule has 0 aromatic carbocycles. The lowest BCUT2D eigenvalue weighted by molar-refractivity contribution is -0.158. The van der Waals surface area contributed by atoms with Gasteiger partial charge in [0.25, 0.3) is 0 Å². The van der Waals surface area contributed by atoms with Crippen molar-refractivity contribution in [3.8, 4) is 0 Å². The van der Waals surface area contributed by atoms with Crippen LogP contribution < -0.4 is 21.3 Å². The third-order valence-electron chi connectivity index (χ3n) is 7.45. The van der Waals surface area contributed by atoms with Crippen LogP contribution in [-0.2, 0) is 25.7 Å². The Morgan fingerprint density at radius 2 is 2.16 bits per heavy atom. The van der Waals surface area contributed by atoms with Crippen LogP contribution in [-0.4, -0.2) is 108 Å². The predicted molar refractivity (Wildman–Crippen MR) is 138 cm³/mol. The lowest BCUT2D eigenvalue weighted by atomic mass is 9.78. The molecule has 0 aliphatic carbocycles. The van der Waals surface area contributed by atoms with Gasteiger partial charge in [0.15, 0.2) is 0 Å². The van der Waals surface area contributed by atoms with Gasteiger partial charge in [-0.1, -0.05) is 6.92 Å². The summed E-state index contributed by atoms with van der Waals surface area (Å²) in [6.45, 7) is 4.81. The van der Waals surface area contributed by atoms with Crippen LogP contribution >= 0.6 is 23.5 Å². The fourth-order valence-corrected chi connectivity index (χ4v) is 8.06. The van der Waals surface area contributed by atoms with Crippen LogP contribution in [0.4, 0.5) is 0 Å². The molecule has 14 nitrogen and oxygen atoms in total. The van der Waals surface area contributed by atoms with Crippen molar-refractivity contribution in [3.63, 3.8) is 0 Å². The summed E-state index contributed by atoms with van der Waals surface area (Å²) in [6.07, 6.45) is 2.10. The van der Waals surface area contributed by atoms with Crippen molar-refractivity contribution in [3.05, 3.63) is 16.9 Å². The van der Waals surface area contributed by atoms with E-state index in [1.54, 1.807) is 18.7 Å². The Balaban J connectivity index is 1.18. The lowest BCUT2D eigenvalue weighted by Gasteiger charge is -2.47. The molecule has 1 aromatic heterocycles. The van der Waals surface area contributed by atoms with E-state index in [-0.39, 0.29) is 59.3 Å². The minimum Gasteiger partial charge on any atom is -0.477 e. The molecule has 3 fully saturated rings. The number of carboxylic acids is 1. The number of fused-ring (bicyclic) bond motifs is 1. The Kier molecular flexibility index (Phi) is 7.93. The highest BCUT2D eigenvalue weighted by Gasteiger charge is 2.60. The number of tetrazole rings is 1. The molecule has 4 aliphatic heterocycles. The second kappa shape index (κ2) is 11.2. The molecule has 16 heteroatoms. The lowest BCUT2D eigenvalue weighted by Crippen LogP contribution is -2.66. The van der Waals surface area contributed by atoms with Gasteiger partial charge in [-0.15, -0.1) is 28.6 Å². The summed E-state index contributed by atoms with van der Waals surface area (Å²) in [5, 5.41) is 33.2. The topological polar surface area (TPSA) is 183 Å². The van der Waals surface area contributed by atoms with Crippen molar-refractivity contribution >= 4 is 47.2 Å². The Morgan fingerprint density at radius 1 is 1.34 bits per heavy atom. The molecule has 0 bridgehead atoms. The fraction of sp³-hybridized carbons (Fsp3) is 0.682. The van der Waals surface area contributed by atoms with E-state index in [0.29, 0.717) is 18.0 Å². The second-order valence-electron chi connectivity index (χ2n) is 9.99. The summed E-state index contributed by atoms with van der Waals surface area (Å²) < 4.78 is 1.28. The maximum Gasteiger partial charge on any atom is 0.353 e. The normalized spacial score (nSPS) is 31.2. The van der Waals surface area contributed by atoms with Crippen molar-refractivity contribution in [2.75, 3.05) is 24.7 Å². The Morgan fingerprint density at radius 3 is 2.84 bits per heavy atom. The van der Waals surface area contributed by atoms with Crippen molar-refractivity contribution in [2.24, 2.45) is 11.8 Å². The fourth-order valence-electron chi connectivity index (χ4n) is 5.60. The molecule has 0 unspecified atom stereocenters. The summed E-state index contributed by atoms with van der Waals surface area (Å²) in [4.78, 5) is 52.1. The van der Waals surface area contributed by atoms with Gasteiger partial charge >= 0.3 is 5.97 Å². The third kappa shape index (κ3) is 5.26. The molecule has 3 amide bonds. The quantitative estimate of drug-likeness (QED) is 0.201. The van der Waals surface area contributed by atoms with Crippen LogP contribution in [0.3, 0.4) is 0 Å². The summed E-state index contributed by atoms with van der Waals surface area (Å²) in [5.41, 5.74) is 0.0440. The molecule has 0 saturated carbocycles. The largest absolute Gasteiger partial charge is 0.477 e. The zero-order chi connectivity index (χ0) is 27.0. The number of amides is 3. The molecule has 4 aliphatic rings. The number of nitrogens with zero attached hydrogens (tertiary/aromatic N) is 5. The van der Waals surface area contributed by atoms with Crippen molar-refractivity contribution in [1.29, 1.82) is 0 Å². The van der Waals surface area contributed by atoms with Gasteiger partial charge in [-0.3, -0.25) is 19.7 Å². The SMILES string of the molecule is C[C@@H](NC(=O)Cn1cnnn1)[C@H]1C(=O)N2C(C(=O)O)=C(S[C@@H]3CN[C@H](CNC(=O)[C@@H]4CSCN4)C3)[C@H](C)[C@H]12. The molecule has 38 heavy (non-hydrogen) atoms. The van der Waals surface area contributed by atoms with E-state index in [9.17, 15) is 24.3 Å². The number of aromatic nitrogens is 4. The van der Waals surface area contributed by atoms with Crippen LogP contribution in [0.25, 0.3) is 0 Å². The highest BCUT2D eigenvalue weighted by molar-refractivity contribution is 8.03. The molecule has 206 valence electrons. The molecule has 3 saturated heterocycles. The van der Waals surface area contributed by atoms with Crippen molar-refractivity contribution in [2.45, 2.75) is 56.2 Å². The van der Waals surface area contributed by atoms with Gasteiger partial charge < -0.3 is 26.0 Å². The zero-order valence-corrected chi connectivity index (χ0v) is 22.6. The van der Waals surface area contributed by atoms with E-state index < -0.39 is 17.9 Å². The minimum atomic E-state index is -1.12. The molecule has 5 rings (SSSR count). The molecule has 5 heterocycles. The van der Waals surface area contributed by atoms with E-state index in [1.807, 2.05) is 6.92 Å². The van der Waals surface area contributed by atoms with E-state index >= 15 is 0 Å². The monoisotopic (exact) mass is 565 g/mol. The van der Waals surface area contributed by atoms with Gasteiger partial charge in [0, 0.05) is 52.9 Å². The summed E-state index contributed by atoms with van der Waals surface area (Å²) >= 11 is 3.20. The van der Waals surface area contributed by atoms with Gasteiger partial charge in [0.2, 0.25) is 17.7 Å². The van der Waals surface area contributed by atoms with Gasteiger partial charge in [-0.25, -0.2) is 9.48 Å². The van der Waals surface area contributed by atoms with Gasteiger partial charge in [0.05, 0.1) is 18.0 Å². The molecular weight excluding hydrogens is 534 g/mol. The number of carboxylic acid groups (broad SMARTS) is 1. The van der Waals surface area contributed by atoms with E-state index in [1.165, 1.54) is 27.7 Å². The first-order valence-electron chi connectivity index (χ1n) is 12.5. The molecular formula is C22H31N9O5S2. The van der Waals surface area contributed by atoms with Crippen LogP contribution in [0.15, 0.2) is 16.9 Å². The molecule has 5 N–H and O–H groups in total. The summed E-state index contributed by atoms with van der Waals surface area (Å²) in [7, 11) is 0. The smallest absolute Gasteiger partial charge is 0.353 e.